The SMILES string of the molecule is CC[C@H]1OC(=O)[C@H](C)[C@@H](O)[C@H](C)[C@@H](O[C@@H]2O[C@H](C)C[C@H](N(C)C(=O)Nc3ccccc3C(F)(F)F)[C@H]2O)[C@](C)(O)C[C@@H](C)CN[C@H](C)[C@@H](O)[C@]1(C)O. The van der Waals surface area contributed by atoms with Crippen molar-refractivity contribution >= 4 is 17.7 Å². The van der Waals surface area contributed by atoms with Crippen LogP contribution in [-0.4, -0.2) is 122 Å². The number of nitrogens with one attached hydrogen (secondary N) is 2. The lowest BCUT2D eigenvalue weighted by atomic mass is 9.78. The van der Waals surface area contributed by atoms with Gasteiger partial charge in [-0.2, -0.15) is 13.2 Å². The zero-order valence-corrected chi connectivity index (χ0v) is 31.4. The average molecular weight is 750 g/mol. The molecule has 14 atom stereocenters. The van der Waals surface area contributed by atoms with Crippen molar-refractivity contribution in [2.24, 2.45) is 17.8 Å². The molecule has 1 aromatic rings. The van der Waals surface area contributed by atoms with Crippen LogP contribution in [0, 0.1) is 17.8 Å². The van der Waals surface area contributed by atoms with Crippen LogP contribution in [0.15, 0.2) is 24.3 Å². The molecule has 2 fully saturated rings. The predicted molar refractivity (Wildman–Crippen MR) is 185 cm³/mol. The van der Waals surface area contributed by atoms with Gasteiger partial charge < -0.3 is 55.3 Å². The van der Waals surface area contributed by atoms with E-state index in [9.17, 15) is 48.3 Å². The van der Waals surface area contributed by atoms with Gasteiger partial charge >= 0.3 is 18.2 Å². The molecule has 2 aliphatic rings. The van der Waals surface area contributed by atoms with Gasteiger partial charge in [-0.05, 0) is 78.5 Å². The number of nitrogens with zero attached hydrogens (tertiary/aromatic N) is 1. The Morgan fingerprint density at radius 1 is 1.08 bits per heavy atom. The number of urea groups is 1. The first-order valence-electron chi connectivity index (χ1n) is 17.9. The summed E-state index contributed by atoms with van der Waals surface area (Å²) in [7, 11) is 1.32. The Morgan fingerprint density at radius 3 is 2.29 bits per heavy atom. The molecule has 0 bridgehead atoms. The first kappa shape index (κ1) is 43.8. The molecule has 13 nitrogen and oxygen atoms in total. The number of rotatable bonds is 5. The summed E-state index contributed by atoms with van der Waals surface area (Å²) < 4.78 is 58.8. The molecule has 2 aliphatic heterocycles. The maximum Gasteiger partial charge on any atom is 0.418 e. The number of benzene rings is 1. The van der Waals surface area contributed by atoms with Gasteiger partial charge in [-0.15, -0.1) is 0 Å². The molecule has 0 spiro atoms. The maximum atomic E-state index is 13.6. The van der Waals surface area contributed by atoms with Gasteiger partial charge in [0.25, 0.3) is 0 Å². The molecule has 2 amide bonds. The van der Waals surface area contributed by atoms with Crippen LogP contribution >= 0.6 is 0 Å². The van der Waals surface area contributed by atoms with Crippen molar-refractivity contribution in [3.05, 3.63) is 29.8 Å². The van der Waals surface area contributed by atoms with Crippen LogP contribution in [0.4, 0.5) is 23.7 Å². The number of likely N-dealkylation sites (N-methyl/N-ethyl adjacent to an activating group) is 1. The molecule has 16 heteroatoms. The number of para-hydroxylation sites is 1. The second-order valence-electron chi connectivity index (χ2n) is 15.3. The summed E-state index contributed by atoms with van der Waals surface area (Å²) >= 11 is 0. The molecular formula is C36H58F3N3O10. The van der Waals surface area contributed by atoms with Gasteiger partial charge in [-0.3, -0.25) is 4.79 Å². The number of carbonyl (C=O) groups excluding carboxylic acids is 2. The fourth-order valence-electron chi connectivity index (χ4n) is 7.43. The van der Waals surface area contributed by atoms with E-state index in [-0.39, 0.29) is 31.7 Å². The van der Waals surface area contributed by atoms with E-state index in [0.29, 0.717) is 0 Å². The van der Waals surface area contributed by atoms with Crippen molar-refractivity contribution in [3.63, 3.8) is 0 Å². The zero-order chi connectivity index (χ0) is 39.5. The van der Waals surface area contributed by atoms with E-state index in [4.69, 9.17) is 14.2 Å². The third-order valence-electron chi connectivity index (χ3n) is 10.6. The molecule has 1 aromatic carbocycles. The summed E-state index contributed by atoms with van der Waals surface area (Å²) in [4.78, 5) is 27.7. The Labute approximate surface area is 303 Å². The fourth-order valence-corrected chi connectivity index (χ4v) is 7.43. The molecule has 2 saturated heterocycles. The van der Waals surface area contributed by atoms with Crippen LogP contribution in [0.25, 0.3) is 0 Å². The van der Waals surface area contributed by atoms with Gasteiger partial charge in [0.2, 0.25) is 0 Å². The van der Waals surface area contributed by atoms with E-state index in [1.165, 1.54) is 40.0 Å². The summed E-state index contributed by atoms with van der Waals surface area (Å²) in [6.07, 6.45) is -13.3. The Balaban J connectivity index is 1.93. The highest BCUT2D eigenvalue weighted by atomic mass is 19.4. The number of cyclic esters (lactones) is 1. The minimum atomic E-state index is -4.73. The minimum absolute atomic E-state index is 0.0695. The standard InChI is InChI=1S/C36H58F3N3O10/c1-10-26-35(8,49)29(45)22(6)40-17-18(2)16-34(7,48)30(20(4)27(43)21(5)31(46)51-26)52-32-28(44)25(15-19(3)50-32)42(9)33(47)41-24-14-12-11-13-23(24)36(37,38)39/h11-14,18-22,25-30,32,40,43-45,48-49H,10,15-17H2,1-9H3,(H,41,47)/t18-,19-,20+,21-,22-,25+,26-,27+,28-,29-,30-,32+,34-,35-/m1/s1. The van der Waals surface area contributed by atoms with E-state index >= 15 is 0 Å². The van der Waals surface area contributed by atoms with Crippen molar-refractivity contribution in [3.8, 4) is 0 Å². The number of halogens is 3. The van der Waals surface area contributed by atoms with Crippen LogP contribution in [0.2, 0.25) is 0 Å². The first-order valence-corrected chi connectivity index (χ1v) is 17.9. The molecule has 0 saturated carbocycles. The molecule has 2 heterocycles. The van der Waals surface area contributed by atoms with Crippen molar-refractivity contribution in [2.75, 3.05) is 18.9 Å². The largest absolute Gasteiger partial charge is 0.459 e. The summed E-state index contributed by atoms with van der Waals surface area (Å²) in [5.41, 5.74) is -5.07. The van der Waals surface area contributed by atoms with Crippen LogP contribution in [0.1, 0.15) is 80.2 Å². The van der Waals surface area contributed by atoms with Gasteiger partial charge in [-0.1, -0.05) is 32.9 Å². The van der Waals surface area contributed by atoms with Crippen molar-refractivity contribution in [1.29, 1.82) is 0 Å². The van der Waals surface area contributed by atoms with Gasteiger partial charge in [0.1, 0.15) is 23.9 Å². The number of aliphatic hydroxyl groups excluding tert-OH is 3. The monoisotopic (exact) mass is 749 g/mol. The third-order valence-corrected chi connectivity index (χ3v) is 10.6. The molecular weight excluding hydrogens is 691 g/mol. The maximum absolute atomic E-state index is 13.6. The lowest BCUT2D eigenvalue weighted by molar-refractivity contribution is -0.298. The first-order chi connectivity index (χ1) is 23.9. The zero-order valence-electron chi connectivity index (χ0n) is 31.4. The number of carbonyl (C=O) groups is 2. The fraction of sp³-hybridized carbons (Fsp3) is 0.778. The average Bonchev–Trinajstić information content (AvgIpc) is 3.06. The van der Waals surface area contributed by atoms with Gasteiger partial charge in [0.15, 0.2) is 6.29 Å². The van der Waals surface area contributed by atoms with E-state index in [2.05, 4.69) is 10.6 Å². The molecule has 3 rings (SSSR count). The molecule has 0 unspecified atom stereocenters. The van der Waals surface area contributed by atoms with Crippen molar-refractivity contribution in [2.45, 2.75) is 147 Å². The minimum Gasteiger partial charge on any atom is -0.459 e. The number of aliphatic hydroxyl groups is 5. The normalized spacial score (nSPS) is 40.2. The van der Waals surface area contributed by atoms with Gasteiger partial charge in [0.05, 0.1) is 47.1 Å². The highest BCUT2D eigenvalue weighted by Crippen LogP contribution is 2.37. The Hall–Kier alpha value is -2.57. The second-order valence-corrected chi connectivity index (χ2v) is 15.3. The van der Waals surface area contributed by atoms with Crippen LogP contribution in [0.3, 0.4) is 0 Å². The van der Waals surface area contributed by atoms with Gasteiger partial charge in [0, 0.05) is 19.0 Å². The van der Waals surface area contributed by atoms with Crippen molar-refractivity contribution < 1.29 is 62.5 Å². The van der Waals surface area contributed by atoms with E-state index in [1.807, 2.05) is 6.92 Å². The number of hydrogen-bond donors (Lipinski definition) is 7. The summed E-state index contributed by atoms with van der Waals surface area (Å²) in [6.45, 7) is 13.0. The molecule has 0 aliphatic carbocycles. The Bertz CT molecular complexity index is 1350. The summed E-state index contributed by atoms with van der Waals surface area (Å²) in [5.74, 6) is -3.33. The smallest absolute Gasteiger partial charge is 0.418 e. The summed E-state index contributed by atoms with van der Waals surface area (Å²) in [5, 5.41) is 62.9. The number of amides is 2. The molecule has 52 heavy (non-hydrogen) atoms. The predicted octanol–water partition coefficient (Wildman–Crippen LogP) is 3.25. The molecule has 0 aromatic heterocycles. The van der Waals surface area contributed by atoms with Gasteiger partial charge in [-0.25, -0.2) is 4.79 Å². The molecule has 298 valence electrons. The molecule has 7 N–H and O–H groups in total. The molecule has 0 radical (unpaired) electrons. The van der Waals surface area contributed by atoms with Crippen LogP contribution in [-0.2, 0) is 25.2 Å². The lowest BCUT2D eigenvalue weighted by Crippen LogP contribution is -2.60. The number of alkyl halides is 3. The van der Waals surface area contributed by atoms with Crippen LogP contribution in [0.5, 0.6) is 0 Å². The Kier molecular flexibility index (Phi) is 14.6. The number of esters is 1. The number of anilines is 1. The second kappa shape index (κ2) is 17.3. The van der Waals surface area contributed by atoms with Crippen molar-refractivity contribution in [1.82, 2.24) is 10.2 Å². The van der Waals surface area contributed by atoms with E-state index in [0.717, 1.165) is 17.0 Å². The summed E-state index contributed by atoms with van der Waals surface area (Å²) in [6, 6.07) is 1.92. The number of ether oxygens (including phenoxy) is 3. The highest BCUT2D eigenvalue weighted by molar-refractivity contribution is 5.90. The topological polar surface area (TPSA) is 190 Å². The third kappa shape index (κ3) is 10.1. The lowest BCUT2D eigenvalue weighted by Gasteiger charge is -2.47. The quantitative estimate of drug-likeness (QED) is 0.219. The van der Waals surface area contributed by atoms with Crippen LogP contribution < -0.4 is 10.6 Å². The van der Waals surface area contributed by atoms with E-state index < -0.39 is 107 Å². The van der Waals surface area contributed by atoms with E-state index in [1.54, 1.807) is 27.7 Å². The number of hydrogen-bond acceptors (Lipinski definition) is 11. The Morgan fingerprint density at radius 2 is 1.69 bits per heavy atom. The highest BCUT2D eigenvalue weighted by Gasteiger charge is 2.50.